The predicted octanol–water partition coefficient (Wildman–Crippen LogP) is 3.13. The summed E-state index contributed by atoms with van der Waals surface area (Å²) in [6.07, 6.45) is 6.99. The standard InChI is InChI=1S/C17H24N2/c1-2-3-5-12-16(19-18)17(13-8-9-14-17)15-10-6-4-7-11-15/h4,6-7,10-11,16,19H,5,8-9,12-14,18H2,1H3. The van der Waals surface area contributed by atoms with Crippen LogP contribution < -0.4 is 11.3 Å². The maximum Gasteiger partial charge on any atom is 0.0316 e. The largest absolute Gasteiger partial charge is 0.271 e. The van der Waals surface area contributed by atoms with Crippen molar-refractivity contribution in [3.8, 4) is 11.8 Å². The Morgan fingerprint density at radius 3 is 2.53 bits per heavy atom. The molecule has 1 saturated carbocycles. The van der Waals surface area contributed by atoms with Crippen molar-refractivity contribution in [2.24, 2.45) is 5.84 Å². The third-order valence-corrected chi connectivity index (χ3v) is 4.45. The monoisotopic (exact) mass is 256 g/mol. The molecule has 0 aliphatic heterocycles. The van der Waals surface area contributed by atoms with Crippen LogP contribution in [-0.2, 0) is 5.41 Å². The summed E-state index contributed by atoms with van der Waals surface area (Å²) in [5.74, 6) is 12.0. The van der Waals surface area contributed by atoms with Crippen molar-refractivity contribution in [3.63, 3.8) is 0 Å². The van der Waals surface area contributed by atoms with Crippen LogP contribution in [0.15, 0.2) is 30.3 Å². The molecule has 0 heterocycles. The Morgan fingerprint density at radius 1 is 1.26 bits per heavy atom. The first kappa shape index (κ1) is 14.1. The molecule has 0 aromatic heterocycles. The fourth-order valence-electron chi connectivity index (χ4n) is 3.47. The molecule has 1 fully saturated rings. The Kier molecular flexibility index (Phi) is 5.01. The smallest absolute Gasteiger partial charge is 0.0316 e. The van der Waals surface area contributed by atoms with Crippen LogP contribution in [0.3, 0.4) is 0 Å². The minimum atomic E-state index is 0.200. The molecule has 1 atom stereocenters. The number of nitrogens with two attached hydrogens (primary N) is 1. The van der Waals surface area contributed by atoms with Gasteiger partial charge in [0.25, 0.3) is 0 Å². The normalized spacial score (nSPS) is 18.6. The van der Waals surface area contributed by atoms with Gasteiger partial charge in [-0.1, -0.05) is 43.2 Å². The molecule has 1 unspecified atom stereocenters. The number of benzene rings is 1. The lowest BCUT2D eigenvalue weighted by Crippen LogP contribution is -2.50. The second-order valence-corrected chi connectivity index (χ2v) is 5.41. The van der Waals surface area contributed by atoms with Crippen LogP contribution in [0.25, 0.3) is 0 Å². The summed E-state index contributed by atoms with van der Waals surface area (Å²) in [7, 11) is 0. The zero-order chi connectivity index (χ0) is 13.6. The highest BCUT2D eigenvalue weighted by molar-refractivity contribution is 5.29. The van der Waals surface area contributed by atoms with Crippen molar-refractivity contribution in [1.82, 2.24) is 5.43 Å². The van der Waals surface area contributed by atoms with Crippen molar-refractivity contribution in [3.05, 3.63) is 35.9 Å². The first-order chi connectivity index (χ1) is 9.33. The fourth-order valence-corrected chi connectivity index (χ4v) is 3.47. The van der Waals surface area contributed by atoms with Gasteiger partial charge in [-0.2, -0.15) is 0 Å². The molecular formula is C17H24N2. The minimum absolute atomic E-state index is 0.200. The average Bonchev–Trinajstić information content (AvgIpc) is 2.95. The molecule has 2 nitrogen and oxygen atoms in total. The summed E-state index contributed by atoms with van der Waals surface area (Å²) < 4.78 is 0. The van der Waals surface area contributed by atoms with Crippen molar-refractivity contribution in [1.29, 1.82) is 0 Å². The van der Waals surface area contributed by atoms with E-state index in [1.807, 2.05) is 6.92 Å². The lowest BCUT2D eigenvalue weighted by atomic mass is 9.71. The van der Waals surface area contributed by atoms with E-state index in [0.717, 1.165) is 12.8 Å². The number of hydrogen-bond acceptors (Lipinski definition) is 2. The Balaban J connectivity index is 2.24. The molecule has 1 aliphatic carbocycles. The maximum atomic E-state index is 5.86. The summed E-state index contributed by atoms with van der Waals surface area (Å²) in [5, 5.41) is 0. The van der Waals surface area contributed by atoms with E-state index >= 15 is 0 Å². The number of hydrogen-bond donors (Lipinski definition) is 2. The molecule has 0 radical (unpaired) electrons. The van der Waals surface area contributed by atoms with Crippen molar-refractivity contribution < 1.29 is 0 Å². The molecule has 0 saturated heterocycles. The molecule has 1 aromatic carbocycles. The molecule has 1 aromatic rings. The lowest BCUT2D eigenvalue weighted by Gasteiger charge is -2.38. The zero-order valence-electron chi connectivity index (χ0n) is 11.8. The fraction of sp³-hybridized carbons (Fsp3) is 0.529. The molecule has 102 valence electrons. The lowest BCUT2D eigenvalue weighted by molar-refractivity contribution is 0.285. The number of nitrogens with one attached hydrogen (secondary N) is 1. The third kappa shape index (κ3) is 3.00. The van der Waals surface area contributed by atoms with Crippen molar-refractivity contribution in [2.75, 3.05) is 0 Å². The van der Waals surface area contributed by atoms with Gasteiger partial charge >= 0.3 is 0 Å². The van der Waals surface area contributed by atoms with Gasteiger partial charge < -0.3 is 0 Å². The van der Waals surface area contributed by atoms with E-state index in [4.69, 9.17) is 5.84 Å². The number of rotatable bonds is 5. The van der Waals surface area contributed by atoms with E-state index in [9.17, 15) is 0 Å². The molecule has 19 heavy (non-hydrogen) atoms. The molecule has 0 amide bonds. The molecule has 1 aliphatic rings. The maximum absolute atomic E-state index is 5.86. The second-order valence-electron chi connectivity index (χ2n) is 5.41. The van der Waals surface area contributed by atoms with Crippen molar-refractivity contribution >= 4 is 0 Å². The molecule has 2 heteroatoms. The van der Waals surface area contributed by atoms with E-state index in [1.54, 1.807) is 0 Å². The van der Waals surface area contributed by atoms with Crippen LogP contribution in [0.4, 0.5) is 0 Å². The van der Waals surface area contributed by atoms with E-state index < -0.39 is 0 Å². The van der Waals surface area contributed by atoms with Crippen LogP contribution >= 0.6 is 0 Å². The third-order valence-electron chi connectivity index (χ3n) is 4.45. The SMILES string of the molecule is CC#CCCC(NN)C1(c2ccccc2)CCCC1. The van der Waals surface area contributed by atoms with Gasteiger partial charge in [0.1, 0.15) is 0 Å². The van der Waals surface area contributed by atoms with E-state index in [0.29, 0.717) is 6.04 Å². The molecular weight excluding hydrogens is 232 g/mol. The van der Waals surface area contributed by atoms with E-state index in [1.165, 1.54) is 31.2 Å². The summed E-state index contributed by atoms with van der Waals surface area (Å²) in [6, 6.07) is 11.2. The first-order valence-corrected chi connectivity index (χ1v) is 7.25. The van der Waals surface area contributed by atoms with E-state index in [-0.39, 0.29) is 5.41 Å². The summed E-state index contributed by atoms with van der Waals surface area (Å²) in [5.41, 5.74) is 4.70. The Labute approximate surface area is 116 Å². The molecule has 2 rings (SSSR count). The molecule has 0 spiro atoms. The average molecular weight is 256 g/mol. The van der Waals surface area contributed by atoms with Gasteiger partial charge in [-0.3, -0.25) is 11.3 Å². The van der Waals surface area contributed by atoms with Gasteiger partial charge in [-0.15, -0.1) is 11.8 Å². The van der Waals surface area contributed by atoms with Gasteiger partial charge in [-0.05, 0) is 31.7 Å². The minimum Gasteiger partial charge on any atom is -0.271 e. The first-order valence-electron chi connectivity index (χ1n) is 7.25. The predicted molar refractivity (Wildman–Crippen MR) is 80.4 cm³/mol. The van der Waals surface area contributed by atoms with Crippen LogP contribution in [0.2, 0.25) is 0 Å². The zero-order valence-corrected chi connectivity index (χ0v) is 11.8. The Morgan fingerprint density at radius 2 is 1.95 bits per heavy atom. The second kappa shape index (κ2) is 6.75. The van der Waals surface area contributed by atoms with Crippen molar-refractivity contribution in [2.45, 2.75) is 56.9 Å². The summed E-state index contributed by atoms with van der Waals surface area (Å²) in [4.78, 5) is 0. The van der Waals surface area contributed by atoms with Crippen LogP contribution in [0, 0.1) is 11.8 Å². The summed E-state index contributed by atoms with van der Waals surface area (Å²) >= 11 is 0. The van der Waals surface area contributed by atoms with Gasteiger partial charge in [-0.25, -0.2) is 0 Å². The van der Waals surface area contributed by atoms with Crippen LogP contribution in [0.5, 0.6) is 0 Å². The molecule has 3 N–H and O–H groups in total. The van der Waals surface area contributed by atoms with Gasteiger partial charge in [0.05, 0.1) is 0 Å². The quantitative estimate of drug-likeness (QED) is 0.482. The topological polar surface area (TPSA) is 38.0 Å². The van der Waals surface area contributed by atoms with Gasteiger partial charge in [0, 0.05) is 17.9 Å². The van der Waals surface area contributed by atoms with E-state index in [2.05, 4.69) is 47.6 Å². The highest BCUT2D eigenvalue weighted by Crippen LogP contribution is 2.44. The Hall–Kier alpha value is -1.30. The number of hydrazine groups is 1. The highest BCUT2D eigenvalue weighted by atomic mass is 15.2. The highest BCUT2D eigenvalue weighted by Gasteiger charge is 2.41. The molecule has 0 bridgehead atoms. The van der Waals surface area contributed by atoms with Crippen LogP contribution in [-0.4, -0.2) is 6.04 Å². The summed E-state index contributed by atoms with van der Waals surface area (Å²) in [6.45, 7) is 1.90. The van der Waals surface area contributed by atoms with Crippen LogP contribution in [0.1, 0.15) is 51.0 Å². The Bertz CT molecular complexity index is 435. The van der Waals surface area contributed by atoms with Gasteiger partial charge in [0.2, 0.25) is 0 Å². The van der Waals surface area contributed by atoms with Gasteiger partial charge in [0.15, 0.2) is 0 Å².